The van der Waals surface area contributed by atoms with Crippen molar-refractivity contribution in [2.45, 2.75) is 31.9 Å². The van der Waals surface area contributed by atoms with Gasteiger partial charge in [0.15, 0.2) is 5.84 Å². The van der Waals surface area contributed by atoms with Gasteiger partial charge in [0.25, 0.3) is 0 Å². The highest BCUT2D eigenvalue weighted by atomic mass is 16.5. The van der Waals surface area contributed by atoms with E-state index < -0.39 is 0 Å². The summed E-state index contributed by atoms with van der Waals surface area (Å²) >= 11 is 0. The van der Waals surface area contributed by atoms with Crippen molar-refractivity contribution in [3.8, 4) is 0 Å². The smallest absolute Gasteiger partial charge is 0.249 e. The molecule has 1 heterocycles. The number of ether oxygens (including phenoxy) is 1. The number of carbonyl (C=O) groups is 1. The molecule has 1 fully saturated rings. The summed E-state index contributed by atoms with van der Waals surface area (Å²) in [6, 6.07) is 7.14. The van der Waals surface area contributed by atoms with Gasteiger partial charge in [0, 0.05) is 18.7 Å². The molecule has 6 nitrogen and oxygen atoms in total. The molecule has 1 unspecified atom stereocenters. The molecule has 1 aromatic carbocycles. The number of hydrogen-bond acceptors (Lipinski definition) is 4. The highest BCUT2D eigenvalue weighted by Gasteiger charge is 2.21. The summed E-state index contributed by atoms with van der Waals surface area (Å²) < 4.78 is 5.42. The number of nitrogens with zero attached hydrogens (tertiary/aromatic N) is 1. The van der Waals surface area contributed by atoms with Crippen molar-refractivity contribution in [2.24, 2.45) is 10.9 Å². The summed E-state index contributed by atoms with van der Waals surface area (Å²) in [4.78, 5) is 11.9. The summed E-state index contributed by atoms with van der Waals surface area (Å²) in [6.45, 7) is 1.10. The lowest BCUT2D eigenvalue weighted by Crippen LogP contribution is -2.37. The van der Waals surface area contributed by atoms with Crippen molar-refractivity contribution in [3.05, 3.63) is 35.4 Å². The van der Waals surface area contributed by atoms with E-state index in [1.54, 1.807) is 12.1 Å². The van der Waals surface area contributed by atoms with Gasteiger partial charge in [-0.25, -0.2) is 0 Å². The van der Waals surface area contributed by atoms with E-state index >= 15 is 0 Å². The van der Waals surface area contributed by atoms with Crippen LogP contribution in [0.3, 0.4) is 0 Å². The maximum absolute atomic E-state index is 11.9. The number of amidine groups is 1. The summed E-state index contributed by atoms with van der Waals surface area (Å²) in [7, 11) is 0. The van der Waals surface area contributed by atoms with Crippen LogP contribution in [0.25, 0.3) is 0 Å². The Morgan fingerprint density at radius 1 is 1.40 bits per heavy atom. The lowest BCUT2D eigenvalue weighted by atomic mass is 10.1. The predicted molar refractivity (Wildman–Crippen MR) is 74.4 cm³/mol. The molecule has 1 aromatic rings. The molecular weight excluding hydrogens is 258 g/mol. The maximum Gasteiger partial charge on any atom is 0.249 e. The molecule has 0 aromatic heterocycles. The third kappa shape index (κ3) is 3.71. The lowest BCUT2D eigenvalue weighted by molar-refractivity contribution is -0.135. The number of carbonyl (C=O) groups excluding carboxylic acids is 1. The number of hydrogen-bond donors (Lipinski definition) is 3. The van der Waals surface area contributed by atoms with Crippen molar-refractivity contribution < 1.29 is 14.7 Å². The van der Waals surface area contributed by atoms with E-state index in [-0.39, 0.29) is 17.8 Å². The SMILES string of the molecule is NC(=NO)c1ccc(CNC(=O)C2CCCCO2)cc1. The van der Waals surface area contributed by atoms with Crippen molar-refractivity contribution >= 4 is 11.7 Å². The molecule has 1 amide bonds. The van der Waals surface area contributed by atoms with Gasteiger partial charge < -0.3 is 21.0 Å². The van der Waals surface area contributed by atoms with Crippen molar-refractivity contribution in [1.82, 2.24) is 5.32 Å². The quantitative estimate of drug-likeness (QED) is 0.330. The summed E-state index contributed by atoms with van der Waals surface area (Å²) in [5.74, 6) is 0.00130. The van der Waals surface area contributed by atoms with Crippen LogP contribution in [0.15, 0.2) is 29.4 Å². The molecule has 2 rings (SSSR count). The van der Waals surface area contributed by atoms with Crippen LogP contribution in [0.4, 0.5) is 0 Å². The highest BCUT2D eigenvalue weighted by molar-refractivity contribution is 5.96. The van der Waals surface area contributed by atoms with Gasteiger partial charge in [0.05, 0.1) is 0 Å². The Labute approximate surface area is 117 Å². The fourth-order valence-electron chi connectivity index (χ4n) is 2.10. The van der Waals surface area contributed by atoms with Crippen molar-refractivity contribution in [3.63, 3.8) is 0 Å². The van der Waals surface area contributed by atoms with Gasteiger partial charge in [-0.3, -0.25) is 4.79 Å². The zero-order chi connectivity index (χ0) is 14.4. The van der Waals surface area contributed by atoms with Crippen LogP contribution in [0.1, 0.15) is 30.4 Å². The summed E-state index contributed by atoms with van der Waals surface area (Å²) in [5.41, 5.74) is 7.06. The van der Waals surface area contributed by atoms with Gasteiger partial charge in [0.1, 0.15) is 6.10 Å². The largest absolute Gasteiger partial charge is 0.409 e. The third-order valence-corrected chi connectivity index (χ3v) is 3.30. The second-order valence-electron chi connectivity index (χ2n) is 4.76. The van der Waals surface area contributed by atoms with E-state index in [1.807, 2.05) is 12.1 Å². The fourth-order valence-corrected chi connectivity index (χ4v) is 2.10. The van der Waals surface area contributed by atoms with E-state index in [1.165, 1.54) is 0 Å². The average Bonchev–Trinajstić information content (AvgIpc) is 2.53. The predicted octanol–water partition coefficient (Wildman–Crippen LogP) is 0.966. The van der Waals surface area contributed by atoms with Gasteiger partial charge in [-0.15, -0.1) is 0 Å². The second kappa shape index (κ2) is 6.91. The van der Waals surface area contributed by atoms with E-state index in [4.69, 9.17) is 15.7 Å². The van der Waals surface area contributed by atoms with E-state index in [0.29, 0.717) is 18.7 Å². The van der Waals surface area contributed by atoms with Gasteiger partial charge in [-0.2, -0.15) is 0 Å². The Morgan fingerprint density at radius 3 is 2.75 bits per heavy atom. The maximum atomic E-state index is 11.9. The molecule has 0 spiro atoms. The minimum atomic E-state index is -0.319. The van der Waals surface area contributed by atoms with Crippen LogP contribution < -0.4 is 11.1 Å². The fraction of sp³-hybridized carbons (Fsp3) is 0.429. The molecule has 1 aliphatic heterocycles. The van der Waals surface area contributed by atoms with Crippen LogP contribution in [-0.2, 0) is 16.1 Å². The lowest BCUT2D eigenvalue weighted by Gasteiger charge is -2.21. The van der Waals surface area contributed by atoms with Crippen LogP contribution >= 0.6 is 0 Å². The van der Waals surface area contributed by atoms with Gasteiger partial charge >= 0.3 is 0 Å². The first kappa shape index (κ1) is 14.3. The zero-order valence-corrected chi connectivity index (χ0v) is 11.2. The van der Waals surface area contributed by atoms with Crippen molar-refractivity contribution in [1.29, 1.82) is 0 Å². The summed E-state index contributed by atoms with van der Waals surface area (Å²) in [5, 5.41) is 14.4. The first-order valence-electron chi connectivity index (χ1n) is 6.67. The first-order chi connectivity index (χ1) is 9.70. The molecular formula is C14H19N3O3. The Hall–Kier alpha value is -2.08. The molecule has 108 valence electrons. The van der Waals surface area contributed by atoms with Crippen LogP contribution in [0.2, 0.25) is 0 Å². The number of amides is 1. The molecule has 0 aliphatic carbocycles. The van der Waals surface area contributed by atoms with E-state index in [9.17, 15) is 4.79 Å². The Morgan fingerprint density at radius 2 is 2.15 bits per heavy atom. The number of nitrogens with one attached hydrogen (secondary N) is 1. The molecule has 6 heteroatoms. The van der Waals surface area contributed by atoms with Crippen LogP contribution in [-0.4, -0.2) is 29.7 Å². The minimum Gasteiger partial charge on any atom is -0.409 e. The second-order valence-corrected chi connectivity index (χ2v) is 4.76. The van der Waals surface area contributed by atoms with Gasteiger partial charge in [0.2, 0.25) is 5.91 Å². The molecule has 4 N–H and O–H groups in total. The Kier molecular flexibility index (Phi) is 4.95. The molecule has 1 atom stereocenters. The molecule has 0 saturated carbocycles. The zero-order valence-electron chi connectivity index (χ0n) is 11.2. The monoisotopic (exact) mass is 277 g/mol. The molecule has 0 radical (unpaired) electrons. The minimum absolute atomic E-state index is 0.0646. The normalized spacial score (nSPS) is 19.6. The van der Waals surface area contributed by atoms with Crippen LogP contribution in [0.5, 0.6) is 0 Å². The van der Waals surface area contributed by atoms with Crippen molar-refractivity contribution in [2.75, 3.05) is 6.61 Å². The molecule has 20 heavy (non-hydrogen) atoms. The molecule has 1 aliphatic rings. The Bertz CT molecular complexity index is 479. The van der Waals surface area contributed by atoms with Gasteiger partial charge in [-0.05, 0) is 24.8 Å². The van der Waals surface area contributed by atoms with Gasteiger partial charge in [-0.1, -0.05) is 29.4 Å². The Balaban J connectivity index is 1.85. The molecule has 0 bridgehead atoms. The number of oxime groups is 1. The highest BCUT2D eigenvalue weighted by Crippen LogP contribution is 2.13. The average molecular weight is 277 g/mol. The number of rotatable bonds is 4. The third-order valence-electron chi connectivity index (χ3n) is 3.30. The standard InChI is InChI=1S/C14H19N3O3/c15-13(17-19)11-6-4-10(5-7-11)9-16-14(18)12-3-1-2-8-20-12/h4-7,12,19H,1-3,8-9H2,(H2,15,17)(H,16,18). The topological polar surface area (TPSA) is 96.9 Å². The number of benzene rings is 1. The van der Waals surface area contributed by atoms with Crippen LogP contribution in [0, 0.1) is 0 Å². The van der Waals surface area contributed by atoms with E-state index in [0.717, 1.165) is 24.8 Å². The molecule has 1 saturated heterocycles. The number of nitrogens with two attached hydrogens (primary N) is 1. The van der Waals surface area contributed by atoms with E-state index in [2.05, 4.69) is 10.5 Å². The first-order valence-corrected chi connectivity index (χ1v) is 6.67. The summed E-state index contributed by atoms with van der Waals surface area (Å²) in [6.07, 6.45) is 2.53.